The summed E-state index contributed by atoms with van der Waals surface area (Å²) in [5.41, 5.74) is 0. The third kappa shape index (κ3) is 16.8. The maximum absolute atomic E-state index is 11.3. The van der Waals surface area contributed by atoms with Gasteiger partial charge in [0.1, 0.15) is 0 Å². The molecule has 0 amide bonds. The molecule has 1 N–H and O–H groups in total. The first kappa shape index (κ1) is 21.6. The largest absolute Gasteiger partial charge is 0.393 e. The molecule has 0 saturated heterocycles. The SMILES string of the molecule is CC=CC(=O)CC(O)CCCCCCCC=CC=CC=CCC. The Hall–Kier alpha value is -1.41. The summed E-state index contributed by atoms with van der Waals surface area (Å²) in [4.78, 5) is 11.3. The number of carbonyl (C=O) groups is 1. The van der Waals surface area contributed by atoms with Crippen LogP contribution in [0, 0.1) is 0 Å². The van der Waals surface area contributed by atoms with Crippen molar-refractivity contribution < 1.29 is 9.90 Å². The normalized spacial score (nSPS) is 13.9. The molecular formula is C21H34O2. The first-order valence-corrected chi connectivity index (χ1v) is 9.02. The van der Waals surface area contributed by atoms with Crippen molar-refractivity contribution in [3.05, 3.63) is 48.6 Å². The Labute approximate surface area is 142 Å². The quantitative estimate of drug-likeness (QED) is 0.254. The van der Waals surface area contributed by atoms with E-state index in [0.717, 1.165) is 32.1 Å². The number of aliphatic hydroxyl groups excluding tert-OH is 1. The fourth-order valence-electron chi connectivity index (χ4n) is 2.28. The molecule has 0 radical (unpaired) electrons. The van der Waals surface area contributed by atoms with E-state index in [-0.39, 0.29) is 12.2 Å². The lowest BCUT2D eigenvalue weighted by atomic mass is 10.0. The molecule has 0 aliphatic carbocycles. The van der Waals surface area contributed by atoms with Crippen LogP contribution in [0.5, 0.6) is 0 Å². The van der Waals surface area contributed by atoms with Crippen molar-refractivity contribution in [3.8, 4) is 0 Å². The van der Waals surface area contributed by atoms with Gasteiger partial charge in [0.15, 0.2) is 5.78 Å². The second-order valence-electron chi connectivity index (χ2n) is 5.82. The van der Waals surface area contributed by atoms with Gasteiger partial charge in [-0.1, -0.05) is 75.1 Å². The summed E-state index contributed by atoms with van der Waals surface area (Å²) in [5.74, 6) is 0.0195. The molecule has 0 aliphatic heterocycles. The van der Waals surface area contributed by atoms with Gasteiger partial charge < -0.3 is 5.11 Å². The number of rotatable bonds is 14. The summed E-state index contributed by atoms with van der Waals surface area (Å²) in [6.45, 7) is 3.95. The lowest BCUT2D eigenvalue weighted by molar-refractivity contribution is -0.116. The van der Waals surface area contributed by atoms with Gasteiger partial charge in [-0.25, -0.2) is 0 Å². The van der Waals surface area contributed by atoms with Crippen LogP contribution in [-0.4, -0.2) is 17.0 Å². The second kappa shape index (κ2) is 17.0. The number of carbonyl (C=O) groups excluding carboxylic acids is 1. The Kier molecular flexibility index (Phi) is 15.9. The maximum atomic E-state index is 11.3. The van der Waals surface area contributed by atoms with E-state index in [2.05, 4.69) is 43.4 Å². The molecule has 0 heterocycles. The summed E-state index contributed by atoms with van der Waals surface area (Å²) in [6.07, 6.45) is 24.5. The second-order valence-corrected chi connectivity index (χ2v) is 5.82. The average molecular weight is 319 g/mol. The van der Waals surface area contributed by atoms with E-state index in [0.29, 0.717) is 0 Å². The van der Waals surface area contributed by atoms with Gasteiger partial charge in [-0.3, -0.25) is 4.79 Å². The van der Waals surface area contributed by atoms with E-state index in [1.165, 1.54) is 25.3 Å². The molecule has 2 heteroatoms. The topological polar surface area (TPSA) is 37.3 Å². The molecule has 130 valence electrons. The van der Waals surface area contributed by atoms with E-state index in [1.54, 1.807) is 6.08 Å². The average Bonchev–Trinajstić information content (AvgIpc) is 2.52. The zero-order valence-corrected chi connectivity index (χ0v) is 14.9. The lowest BCUT2D eigenvalue weighted by Gasteiger charge is -2.08. The van der Waals surface area contributed by atoms with E-state index >= 15 is 0 Å². The number of aliphatic hydroxyl groups is 1. The molecule has 1 atom stereocenters. The standard InChI is InChI=1S/C21H34O2/c1-3-5-6-7-8-9-10-11-12-13-14-15-16-18-21(23)19-20(22)17-4-2/h4-10,17,21,23H,3,11-16,18-19H2,1-2H3. The number of allylic oxidation sites excluding steroid dienone is 8. The highest BCUT2D eigenvalue weighted by Crippen LogP contribution is 2.11. The van der Waals surface area contributed by atoms with E-state index in [9.17, 15) is 9.90 Å². The van der Waals surface area contributed by atoms with E-state index < -0.39 is 6.10 Å². The maximum Gasteiger partial charge on any atom is 0.157 e. The Bertz CT molecular complexity index is 389. The molecule has 0 bridgehead atoms. The van der Waals surface area contributed by atoms with Crippen molar-refractivity contribution >= 4 is 5.78 Å². The third-order valence-corrected chi connectivity index (χ3v) is 3.54. The summed E-state index contributed by atoms with van der Waals surface area (Å²) < 4.78 is 0. The molecule has 23 heavy (non-hydrogen) atoms. The summed E-state index contributed by atoms with van der Waals surface area (Å²) in [7, 11) is 0. The summed E-state index contributed by atoms with van der Waals surface area (Å²) >= 11 is 0. The monoisotopic (exact) mass is 318 g/mol. The lowest BCUT2D eigenvalue weighted by Crippen LogP contribution is -2.11. The Morgan fingerprint density at radius 3 is 2.30 bits per heavy atom. The minimum atomic E-state index is -0.477. The van der Waals surface area contributed by atoms with Crippen LogP contribution in [0.15, 0.2) is 48.6 Å². The summed E-state index contributed by atoms with van der Waals surface area (Å²) in [6, 6.07) is 0. The van der Waals surface area contributed by atoms with E-state index in [1.807, 2.05) is 6.92 Å². The van der Waals surface area contributed by atoms with Crippen molar-refractivity contribution in [3.63, 3.8) is 0 Å². The van der Waals surface area contributed by atoms with Gasteiger partial charge >= 0.3 is 0 Å². The zero-order valence-electron chi connectivity index (χ0n) is 14.9. The van der Waals surface area contributed by atoms with Gasteiger partial charge in [0.05, 0.1) is 6.10 Å². The Morgan fingerprint density at radius 1 is 0.957 bits per heavy atom. The predicted octanol–water partition coefficient (Wildman–Crippen LogP) is 5.69. The molecule has 2 nitrogen and oxygen atoms in total. The van der Waals surface area contributed by atoms with Crippen LogP contribution in [0.25, 0.3) is 0 Å². The zero-order chi connectivity index (χ0) is 17.2. The molecule has 0 spiro atoms. The van der Waals surface area contributed by atoms with Gasteiger partial charge in [0, 0.05) is 6.42 Å². The van der Waals surface area contributed by atoms with Crippen LogP contribution in [-0.2, 0) is 4.79 Å². The number of unbranched alkanes of at least 4 members (excludes halogenated alkanes) is 5. The number of ketones is 1. The van der Waals surface area contributed by atoms with Crippen molar-refractivity contribution in [1.29, 1.82) is 0 Å². The van der Waals surface area contributed by atoms with Crippen molar-refractivity contribution in [2.45, 2.75) is 77.7 Å². The van der Waals surface area contributed by atoms with E-state index in [4.69, 9.17) is 0 Å². The Balaban J connectivity index is 3.42. The number of hydrogen-bond acceptors (Lipinski definition) is 2. The molecule has 1 unspecified atom stereocenters. The van der Waals surface area contributed by atoms with Crippen LogP contribution >= 0.6 is 0 Å². The van der Waals surface area contributed by atoms with Gasteiger partial charge in [-0.2, -0.15) is 0 Å². The highest BCUT2D eigenvalue weighted by Gasteiger charge is 2.07. The minimum Gasteiger partial charge on any atom is -0.393 e. The fraction of sp³-hybridized carbons (Fsp3) is 0.571. The smallest absolute Gasteiger partial charge is 0.157 e. The summed E-state index contributed by atoms with van der Waals surface area (Å²) in [5, 5.41) is 9.75. The Morgan fingerprint density at radius 2 is 1.61 bits per heavy atom. The van der Waals surface area contributed by atoms with Gasteiger partial charge in [-0.15, -0.1) is 0 Å². The molecule has 0 saturated carbocycles. The number of hydrogen-bond donors (Lipinski definition) is 1. The molecular weight excluding hydrogens is 284 g/mol. The highest BCUT2D eigenvalue weighted by molar-refractivity contribution is 5.89. The first-order valence-electron chi connectivity index (χ1n) is 9.02. The van der Waals surface area contributed by atoms with Crippen LogP contribution in [0.2, 0.25) is 0 Å². The van der Waals surface area contributed by atoms with Crippen LogP contribution in [0.4, 0.5) is 0 Å². The van der Waals surface area contributed by atoms with Crippen LogP contribution < -0.4 is 0 Å². The molecule has 0 aromatic heterocycles. The molecule has 0 aromatic carbocycles. The van der Waals surface area contributed by atoms with Gasteiger partial charge in [-0.05, 0) is 38.7 Å². The molecule has 0 aliphatic rings. The first-order chi connectivity index (χ1) is 11.2. The van der Waals surface area contributed by atoms with Crippen molar-refractivity contribution in [2.75, 3.05) is 0 Å². The van der Waals surface area contributed by atoms with Crippen molar-refractivity contribution in [1.82, 2.24) is 0 Å². The fourth-order valence-corrected chi connectivity index (χ4v) is 2.28. The van der Waals surface area contributed by atoms with Crippen LogP contribution in [0.1, 0.15) is 71.6 Å². The molecule has 0 rings (SSSR count). The predicted molar refractivity (Wildman–Crippen MR) is 100 cm³/mol. The highest BCUT2D eigenvalue weighted by atomic mass is 16.3. The van der Waals surface area contributed by atoms with Crippen LogP contribution in [0.3, 0.4) is 0 Å². The molecule has 0 fully saturated rings. The minimum absolute atomic E-state index is 0.0195. The van der Waals surface area contributed by atoms with Gasteiger partial charge in [0.25, 0.3) is 0 Å². The van der Waals surface area contributed by atoms with Crippen molar-refractivity contribution in [2.24, 2.45) is 0 Å². The third-order valence-electron chi connectivity index (χ3n) is 3.54. The molecule has 0 aromatic rings. The van der Waals surface area contributed by atoms with Gasteiger partial charge in [0.2, 0.25) is 0 Å².